The van der Waals surface area contributed by atoms with Gasteiger partial charge in [-0.2, -0.15) is 0 Å². The molecule has 0 atom stereocenters. The van der Waals surface area contributed by atoms with Crippen LogP contribution in [0.5, 0.6) is 11.5 Å². The van der Waals surface area contributed by atoms with E-state index in [1.54, 1.807) is 36.4 Å². The van der Waals surface area contributed by atoms with Crippen molar-refractivity contribution in [2.75, 3.05) is 23.8 Å². The molecule has 3 aromatic carbocycles. The summed E-state index contributed by atoms with van der Waals surface area (Å²) in [5.41, 5.74) is 3.49. The van der Waals surface area contributed by atoms with Crippen LogP contribution in [0.4, 0.5) is 11.4 Å². The highest BCUT2D eigenvalue weighted by Crippen LogP contribution is 2.37. The van der Waals surface area contributed by atoms with E-state index in [0.29, 0.717) is 41.7 Å². The van der Waals surface area contributed by atoms with E-state index in [1.807, 2.05) is 62.0 Å². The molecule has 7 nitrogen and oxygen atoms in total. The van der Waals surface area contributed by atoms with Gasteiger partial charge in [0.15, 0.2) is 0 Å². The van der Waals surface area contributed by atoms with E-state index in [0.717, 1.165) is 16.5 Å². The van der Waals surface area contributed by atoms with Crippen LogP contribution < -0.4 is 20.1 Å². The molecule has 0 aliphatic rings. The van der Waals surface area contributed by atoms with Crippen molar-refractivity contribution in [2.45, 2.75) is 20.3 Å². The van der Waals surface area contributed by atoms with Crippen molar-refractivity contribution in [3.05, 3.63) is 84.1 Å². The van der Waals surface area contributed by atoms with Crippen molar-refractivity contribution >= 4 is 34.1 Å². The maximum absolute atomic E-state index is 13.0. The van der Waals surface area contributed by atoms with Gasteiger partial charge in [0, 0.05) is 41.8 Å². The van der Waals surface area contributed by atoms with Crippen molar-refractivity contribution < 1.29 is 19.1 Å². The lowest BCUT2D eigenvalue weighted by atomic mass is 10.1. The summed E-state index contributed by atoms with van der Waals surface area (Å²) < 4.78 is 13.6. The van der Waals surface area contributed by atoms with E-state index in [1.165, 1.54) is 0 Å². The smallest absolute Gasteiger partial charge is 0.255 e. The first-order valence-electron chi connectivity index (χ1n) is 11.6. The van der Waals surface area contributed by atoms with E-state index in [2.05, 4.69) is 10.6 Å². The Hall–Kier alpha value is -4.26. The molecule has 0 spiro atoms. The Morgan fingerprint density at radius 2 is 1.43 bits per heavy atom. The van der Waals surface area contributed by atoms with Gasteiger partial charge in [0.2, 0.25) is 5.91 Å². The molecule has 0 saturated carbocycles. The average Bonchev–Trinajstić information content (AvgIpc) is 3.17. The molecule has 0 saturated heterocycles. The molecule has 2 N–H and O–H groups in total. The zero-order valence-electron chi connectivity index (χ0n) is 20.1. The predicted molar refractivity (Wildman–Crippen MR) is 138 cm³/mol. The first-order valence-corrected chi connectivity index (χ1v) is 11.6. The number of aryl methyl sites for hydroxylation is 1. The maximum Gasteiger partial charge on any atom is 0.255 e. The van der Waals surface area contributed by atoms with Gasteiger partial charge in [-0.3, -0.25) is 9.59 Å². The minimum atomic E-state index is -0.262. The molecule has 2 amide bonds. The number of carbonyl (C=O) groups excluding carboxylic acids is 2. The Bertz CT molecular complexity index is 1350. The zero-order chi connectivity index (χ0) is 24.8. The molecule has 4 rings (SSSR count). The molecule has 1 aromatic heterocycles. The van der Waals surface area contributed by atoms with Crippen LogP contribution in [0.15, 0.2) is 72.9 Å². The Kier molecular flexibility index (Phi) is 7.35. The first-order chi connectivity index (χ1) is 17.0. The number of aromatic nitrogens is 1. The molecule has 7 heteroatoms. The molecule has 4 aromatic rings. The topological polar surface area (TPSA) is 81.6 Å². The van der Waals surface area contributed by atoms with Gasteiger partial charge >= 0.3 is 0 Å². The number of benzene rings is 3. The quantitative estimate of drug-likeness (QED) is 0.342. The zero-order valence-corrected chi connectivity index (χ0v) is 20.1. The summed E-state index contributed by atoms with van der Waals surface area (Å²) in [6.45, 7) is 4.51. The highest BCUT2D eigenvalue weighted by molar-refractivity contribution is 6.05. The highest BCUT2D eigenvalue weighted by Gasteiger charge is 2.18. The number of para-hydroxylation sites is 1. The Labute approximate surface area is 204 Å². The summed E-state index contributed by atoms with van der Waals surface area (Å²) in [6, 6.07) is 20.3. The summed E-state index contributed by atoms with van der Waals surface area (Å²) in [7, 11) is 1.97. The minimum absolute atomic E-state index is 0.175. The van der Waals surface area contributed by atoms with Gasteiger partial charge in [-0.1, -0.05) is 36.4 Å². The van der Waals surface area contributed by atoms with Gasteiger partial charge in [0.1, 0.15) is 11.5 Å². The van der Waals surface area contributed by atoms with Crippen LogP contribution in [0.1, 0.15) is 29.8 Å². The number of anilines is 2. The van der Waals surface area contributed by atoms with Crippen LogP contribution in [0.3, 0.4) is 0 Å². The van der Waals surface area contributed by atoms with Gasteiger partial charge in [-0.25, -0.2) is 0 Å². The third-order valence-corrected chi connectivity index (χ3v) is 5.57. The van der Waals surface area contributed by atoms with Crippen LogP contribution in [-0.4, -0.2) is 29.6 Å². The van der Waals surface area contributed by atoms with Gasteiger partial charge in [0.25, 0.3) is 5.91 Å². The fraction of sp³-hybridized carbons (Fsp3) is 0.214. The van der Waals surface area contributed by atoms with Crippen molar-refractivity contribution in [3.63, 3.8) is 0 Å². The standard InChI is InChI=1S/C28H29N3O4/c1-4-34-25-17-23(30-28(33)19-11-7-6-8-12-19)26(35-5-2)16-22(25)29-27(32)15-20-18-31(3)24-14-10-9-13-21(20)24/h6-14,16-18H,4-5,15H2,1-3H3,(H,29,32)(H,30,33). The minimum Gasteiger partial charge on any atom is -0.492 e. The Morgan fingerprint density at radius 3 is 2.09 bits per heavy atom. The van der Waals surface area contributed by atoms with Crippen molar-refractivity contribution in [3.8, 4) is 11.5 Å². The Morgan fingerprint density at radius 1 is 0.829 bits per heavy atom. The normalized spacial score (nSPS) is 10.7. The molecular weight excluding hydrogens is 442 g/mol. The summed E-state index contributed by atoms with van der Waals surface area (Å²) in [6.07, 6.45) is 2.19. The van der Waals surface area contributed by atoms with Crippen LogP contribution in [0.2, 0.25) is 0 Å². The average molecular weight is 472 g/mol. The van der Waals surface area contributed by atoms with Crippen molar-refractivity contribution in [1.82, 2.24) is 4.57 Å². The highest BCUT2D eigenvalue weighted by atomic mass is 16.5. The Balaban J connectivity index is 1.60. The fourth-order valence-electron chi connectivity index (χ4n) is 4.02. The number of amides is 2. The monoisotopic (exact) mass is 471 g/mol. The van der Waals surface area contributed by atoms with E-state index >= 15 is 0 Å². The molecule has 0 bridgehead atoms. The molecule has 0 aliphatic heterocycles. The van der Waals surface area contributed by atoms with E-state index in [4.69, 9.17) is 9.47 Å². The SMILES string of the molecule is CCOc1cc(NC(=O)c2ccccc2)c(OCC)cc1NC(=O)Cc1cn(C)c2ccccc12. The fourth-order valence-corrected chi connectivity index (χ4v) is 4.02. The number of nitrogens with zero attached hydrogens (tertiary/aromatic N) is 1. The number of nitrogens with one attached hydrogen (secondary N) is 2. The summed E-state index contributed by atoms with van der Waals surface area (Å²) in [5.74, 6) is 0.457. The van der Waals surface area contributed by atoms with Crippen LogP contribution in [-0.2, 0) is 18.3 Å². The number of rotatable bonds is 9. The molecular formula is C28H29N3O4. The number of hydrogen-bond donors (Lipinski definition) is 2. The molecule has 0 radical (unpaired) electrons. The number of hydrogen-bond acceptors (Lipinski definition) is 4. The van der Waals surface area contributed by atoms with Gasteiger partial charge in [-0.15, -0.1) is 0 Å². The second-order valence-electron chi connectivity index (χ2n) is 8.04. The van der Waals surface area contributed by atoms with Gasteiger partial charge in [-0.05, 0) is 37.6 Å². The van der Waals surface area contributed by atoms with Gasteiger partial charge < -0.3 is 24.7 Å². The second-order valence-corrected chi connectivity index (χ2v) is 8.04. The summed E-state index contributed by atoms with van der Waals surface area (Å²) in [4.78, 5) is 25.8. The van der Waals surface area contributed by atoms with Crippen LogP contribution >= 0.6 is 0 Å². The summed E-state index contributed by atoms with van der Waals surface area (Å²) in [5, 5.41) is 6.90. The first kappa shape index (κ1) is 23.9. The molecule has 0 fully saturated rings. The third kappa shape index (κ3) is 5.46. The molecule has 180 valence electrons. The lowest BCUT2D eigenvalue weighted by Crippen LogP contribution is -2.17. The number of ether oxygens (including phenoxy) is 2. The van der Waals surface area contributed by atoms with Crippen molar-refractivity contribution in [2.24, 2.45) is 7.05 Å². The lowest BCUT2D eigenvalue weighted by Gasteiger charge is -2.18. The molecule has 0 unspecified atom stereocenters. The van der Waals surface area contributed by atoms with Gasteiger partial charge in [0.05, 0.1) is 31.0 Å². The van der Waals surface area contributed by atoms with E-state index in [-0.39, 0.29) is 18.2 Å². The predicted octanol–water partition coefficient (Wildman–Crippen LogP) is 5.41. The lowest BCUT2D eigenvalue weighted by molar-refractivity contribution is -0.115. The maximum atomic E-state index is 13.0. The van der Waals surface area contributed by atoms with Crippen LogP contribution in [0, 0.1) is 0 Å². The second kappa shape index (κ2) is 10.8. The third-order valence-electron chi connectivity index (χ3n) is 5.57. The molecule has 0 aliphatic carbocycles. The molecule has 1 heterocycles. The van der Waals surface area contributed by atoms with E-state index in [9.17, 15) is 9.59 Å². The number of fused-ring (bicyclic) bond motifs is 1. The molecule has 35 heavy (non-hydrogen) atoms. The van der Waals surface area contributed by atoms with E-state index < -0.39 is 0 Å². The summed E-state index contributed by atoms with van der Waals surface area (Å²) >= 11 is 0. The number of carbonyl (C=O) groups is 2. The van der Waals surface area contributed by atoms with Crippen LogP contribution in [0.25, 0.3) is 10.9 Å². The largest absolute Gasteiger partial charge is 0.492 e. The van der Waals surface area contributed by atoms with Crippen molar-refractivity contribution in [1.29, 1.82) is 0 Å².